The molecule has 0 aliphatic rings. The number of rotatable bonds is 3. The molecular formula is C15H15BrN2O. The summed E-state index contributed by atoms with van der Waals surface area (Å²) in [6.45, 7) is 1.95. The van der Waals surface area contributed by atoms with Gasteiger partial charge in [0.25, 0.3) is 0 Å². The maximum absolute atomic E-state index is 11.8. The van der Waals surface area contributed by atoms with Crippen molar-refractivity contribution in [2.24, 2.45) is 0 Å². The number of amides is 2. The summed E-state index contributed by atoms with van der Waals surface area (Å²) in [5.74, 6) is 0. The zero-order valence-electron chi connectivity index (χ0n) is 10.6. The van der Waals surface area contributed by atoms with E-state index in [4.69, 9.17) is 0 Å². The second kappa shape index (κ2) is 6.38. The van der Waals surface area contributed by atoms with Crippen LogP contribution in [0.2, 0.25) is 0 Å². The van der Waals surface area contributed by atoms with Gasteiger partial charge in [-0.05, 0) is 36.8 Å². The van der Waals surface area contributed by atoms with E-state index in [0.29, 0.717) is 0 Å². The van der Waals surface area contributed by atoms with Crippen molar-refractivity contribution in [2.45, 2.75) is 13.0 Å². The van der Waals surface area contributed by atoms with E-state index < -0.39 is 0 Å². The predicted molar refractivity (Wildman–Crippen MR) is 81.2 cm³/mol. The minimum atomic E-state index is -0.207. The van der Waals surface area contributed by atoms with E-state index >= 15 is 0 Å². The number of urea groups is 1. The lowest BCUT2D eigenvalue weighted by atomic mass is 10.1. The van der Waals surface area contributed by atoms with E-state index in [-0.39, 0.29) is 12.1 Å². The van der Waals surface area contributed by atoms with E-state index in [1.807, 2.05) is 61.5 Å². The van der Waals surface area contributed by atoms with Gasteiger partial charge in [-0.15, -0.1) is 0 Å². The molecule has 3 nitrogen and oxygen atoms in total. The molecule has 0 saturated carbocycles. The van der Waals surface area contributed by atoms with Crippen molar-refractivity contribution in [2.75, 3.05) is 5.32 Å². The number of hydrogen-bond donors (Lipinski definition) is 2. The van der Waals surface area contributed by atoms with Crippen LogP contribution in [0.3, 0.4) is 0 Å². The number of benzene rings is 2. The Morgan fingerprint density at radius 1 is 1.05 bits per heavy atom. The monoisotopic (exact) mass is 318 g/mol. The van der Waals surface area contributed by atoms with Crippen LogP contribution in [0.5, 0.6) is 0 Å². The van der Waals surface area contributed by atoms with Gasteiger partial charge in [0.15, 0.2) is 0 Å². The molecule has 0 unspecified atom stereocenters. The lowest BCUT2D eigenvalue weighted by molar-refractivity contribution is 0.249. The molecule has 0 radical (unpaired) electrons. The fourth-order valence-electron chi connectivity index (χ4n) is 1.72. The van der Waals surface area contributed by atoms with Gasteiger partial charge in [-0.1, -0.05) is 46.3 Å². The molecule has 0 spiro atoms. The second-order valence-electron chi connectivity index (χ2n) is 4.24. The summed E-state index contributed by atoms with van der Waals surface area (Å²) >= 11 is 3.39. The molecule has 0 aromatic heterocycles. The van der Waals surface area contributed by atoms with E-state index in [2.05, 4.69) is 26.6 Å². The Bertz CT molecular complexity index is 540. The highest BCUT2D eigenvalue weighted by Crippen LogP contribution is 2.16. The molecule has 2 aromatic rings. The third kappa shape index (κ3) is 4.10. The number of anilines is 1. The lowest BCUT2D eigenvalue weighted by Crippen LogP contribution is -2.31. The van der Waals surface area contributed by atoms with Crippen molar-refractivity contribution in [1.29, 1.82) is 0 Å². The maximum atomic E-state index is 11.8. The quantitative estimate of drug-likeness (QED) is 0.868. The van der Waals surface area contributed by atoms with Crippen molar-refractivity contribution in [3.8, 4) is 0 Å². The molecule has 19 heavy (non-hydrogen) atoms. The molecule has 0 saturated heterocycles. The molecule has 0 aliphatic heterocycles. The van der Waals surface area contributed by atoms with Crippen molar-refractivity contribution >= 4 is 27.6 Å². The Balaban J connectivity index is 1.93. The Morgan fingerprint density at radius 2 is 1.68 bits per heavy atom. The summed E-state index contributed by atoms with van der Waals surface area (Å²) in [7, 11) is 0. The van der Waals surface area contributed by atoms with Crippen molar-refractivity contribution in [3.05, 3.63) is 64.6 Å². The Labute approximate surface area is 121 Å². The normalized spacial score (nSPS) is 11.7. The van der Waals surface area contributed by atoms with Crippen LogP contribution in [0.1, 0.15) is 18.5 Å². The first-order chi connectivity index (χ1) is 9.15. The van der Waals surface area contributed by atoms with Gasteiger partial charge in [-0.3, -0.25) is 0 Å². The SMILES string of the molecule is C[C@@H](NC(=O)Nc1ccccc1)c1ccc(Br)cc1. The lowest BCUT2D eigenvalue weighted by Gasteiger charge is -2.15. The number of nitrogens with one attached hydrogen (secondary N) is 2. The number of carbonyl (C=O) groups is 1. The van der Waals surface area contributed by atoms with Gasteiger partial charge < -0.3 is 10.6 Å². The minimum Gasteiger partial charge on any atom is -0.331 e. The summed E-state index contributed by atoms with van der Waals surface area (Å²) in [5, 5.41) is 5.69. The summed E-state index contributed by atoms with van der Waals surface area (Å²) in [5.41, 5.74) is 1.84. The Kier molecular flexibility index (Phi) is 4.58. The predicted octanol–water partition coefficient (Wildman–Crippen LogP) is 4.33. The first-order valence-electron chi connectivity index (χ1n) is 6.03. The van der Waals surface area contributed by atoms with E-state index in [9.17, 15) is 4.79 Å². The molecule has 1 atom stereocenters. The van der Waals surface area contributed by atoms with Gasteiger partial charge >= 0.3 is 6.03 Å². The largest absolute Gasteiger partial charge is 0.331 e. The van der Waals surface area contributed by atoms with E-state index in [1.165, 1.54) is 0 Å². The van der Waals surface area contributed by atoms with Crippen LogP contribution in [0.15, 0.2) is 59.1 Å². The molecular weight excluding hydrogens is 304 g/mol. The summed E-state index contributed by atoms with van der Waals surface area (Å²) < 4.78 is 1.03. The Morgan fingerprint density at radius 3 is 2.32 bits per heavy atom. The first-order valence-corrected chi connectivity index (χ1v) is 6.82. The molecule has 0 heterocycles. The summed E-state index contributed by atoms with van der Waals surface area (Å²) in [6, 6.07) is 17.0. The van der Waals surface area contributed by atoms with E-state index in [1.54, 1.807) is 0 Å². The molecule has 2 amide bonds. The van der Waals surface area contributed by atoms with Gasteiger partial charge in [0.1, 0.15) is 0 Å². The number of halogens is 1. The molecule has 2 rings (SSSR count). The van der Waals surface area contributed by atoms with Gasteiger partial charge in [-0.25, -0.2) is 4.79 Å². The van der Waals surface area contributed by atoms with E-state index in [0.717, 1.165) is 15.7 Å². The maximum Gasteiger partial charge on any atom is 0.319 e. The van der Waals surface area contributed by atoms with Gasteiger partial charge in [0.05, 0.1) is 6.04 Å². The second-order valence-corrected chi connectivity index (χ2v) is 5.15. The van der Waals surface area contributed by atoms with Crippen LogP contribution < -0.4 is 10.6 Å². The van der Waals surface area contributed by atoms with Crippen molar-refractivity contribution in [3.63, 3.8) is 0 Å². The number of hydrogen-bond acceptors (Lipinski definition) is 1. The van der Waals surface area contributed by atoms with Crippen LogP contribution in [-0.4, -0.2) is 6.03 Å². The fourth-order valence-corrected chi connectivity index (χ4v) is 1.98. The van der Waals surface area contributed by atoms with Crippen LogP contribution in [0, 0.1) is 0 Å². The highest BCUT2D eigenvalue weighted by atomic mass is 79.9. The Hall–Kier alpha value is -1.81. The molecule has 4 heteroatoms. The molecule has 0 bridgehead atoms. The average molecular weight is 319 g/mol. The van der Waals surface area contributed by atoms with Crippen molar-refractivity contribution < 1.29 is 4.79 Å². The number of para-hydroxylation sites is 1. The first kappa shape index (κ1) is 13.6. The molecule has 98 valence electrons. The molecule has 0 fully saturated rings. The van der Waals surface area contributed by atoms with Crippen molar-refractivity contribution in [1.82, 2.24) is 5.32 Å². The van der Waals surface area contributed by atoms with Crippen LogP contribution in [0.25, 0.3) is 0 Å². The molecule has 2 N–H and O–H groups in total. The topological polar surface area (TPSA) is 41.1 Å². The average Bonchev–Trinajstić information content (AvgIpc) is 2.40. The molecule has 2 aromatic carbocycles. The zero-order valence-corrected chi connectivity index (χ0v) is 12.1. The summed E-state index contributed by atoms with van der Waals surface area (Å²) in [4.78, 5) is 11.8. The third-order valence-electron chi connectivity index (χ3n) is 2.75. The minimum absolute atomic E-state index is 0.0446. The number of carbonyl (C=O) groups excluding carboxylic acids is 1. The smallest absolute Gasteiger partial charge is 0.319 e. The van der Waals surface area contributed by atoms with Crippen LogP contribution >= 0.6 is 15.9 Å². The van der Waals surface area contributed by atoms with Crippen LogP contribution in [-0.2, 0) is 0 Å². The fraction of sp³-hybridized carbons (Fsp3) is 0.133. The highest BCUT2D eigenvalue weighted by Gasteiger charge is 2.09. The highest BCUT2D eigenvalue weighted by molar-refractivity contribution is 9.10. The standard InChI is InChI=1S/C15H15BrN2O/c1-11(12-7-9-13(16)10-8-12)17-15(19)18-14-5-3-2-4-6-14/h2-11H,1H3,(H2,17,18,19)/t11-/m1/s1. The van der Waals surface area contributed by atoms with Gasteiger partial charge in [-0.2, -0.15) is 0 Å². The van der Waals surface area contributed by atoms with Gasteiger partial charge in [0, 0.05) is 10.2 Å². The third-order valence-corrected chi connectivity index (χ3v) is 3.28. The summed E-state index contributed by atoms with van der Waals surface area (Å²) in [6.07, 6.45) is 0. The van der Waals surface area contributed by atoms with Crippen LogP contribution in [0.4, 0.5) is 10.5 Å². The van der Waals surface area contributed by atoms with Gasteiger partial charge in [0.2, 0.25) is 0 Å². The zero-order chi connectivity index (χ0) is 13.7. The molecule has 0 aliphatic carbocycles.